The molecule has 17 heavy (non-hydrogen) atoms. The van der Waals surface area contributed by atoms with E-state index in [1.807, 2.05) is 0 Å². The van der Waals surface area contributed by atoms with E-state index >= 15 is 0 Å². The topological polar surface area (TPSA) is 0 Å². The molecule has 0 spiro atoms. The van der Waals surface area contributed by atoms with Gasteiger partial charge in [0.2, 0.25) is 0 Å². The molecule has 0 aliphatic rings. The van der Waals surface area contributed by atoms with Crippen LogP contribution in [0, 0.1) is 0 Å². The largest absolute Gasteiger partial charge is 0.0654 e. The lowest BCUT2D eigenvalue weighted by atomic mass is 9.99. The highest BCUT2D eigenvalue weighted by atomic mass is 14.0. The quantitative estimate of drug-likeness (QED) is 0.490. The van der Waals surface area contributed by atoms with Crippen molar-refractivity contribution < 1.29 is 0 Å². The first kappa shape index (κ1) is 14.3. The highest BCUT2D eigenvalue weighted by molar-refractivity contribution is 5.26. The van der Waals surface area contributed by atoms with Gasteiger partial charge in [0.25, 0.3) is 0 Å². The molecule has 1 aromatic rings. The summed E-state index contributed by atoms with van der Waals surface area (Å²) in [6.45, 7) is 4.53. The first-order chi connectivity index (χ1) is 8.38. The summed E-state index contributed by atoms with van der Waals surface area (Å²) >= 11 is 0. The second-order valence-corrected chi connectivity index (χ2v) is 4.99. The fourth-order valence-corrected chi connectivity index (χ4v) is 2.42. The number of benzene rings is 1. The Labute approximate surface area is 107 Å². The van der Waals surface area contributed by atoms with E-state index in [4.69, 9.17) is 0 Å². The summed E-state index contributed by atoms with van der Waals surface area (Å²) in [5.41, 5.74) is 3.11. The summed E-state index contributed by atoms with van der Waals surface area (Å²) in [5.74, 6) is 0. The summed E-state index contributed by atoms with van der Waals surface area (Å²) < 4.78 is 0. The van der Waals surface area contributed by atoms with Crippen LogP contribution in [0.3, 0.4) is 0 Å². The van der Waals surface area contributed by atoms with E-state index in [2.05, 4.69) is 38.1 Å². The fraction of sp³-hybridized carbons (Fsp3) is 0.647. The molecule has 0 amide bonds. The molecule has 0 aliphatic carbocycles. The van der Waals surface area contributed by atoms with E-state index in [1.54, 1.807) is 11.1 Å². The Balaban J connectivity index is 2.13. The minimum Gasteiger partial charge on any atom is -0.0654 e. The second-order valence-electron chi connectivity index (χ2n) is 4.99. The Morgan fingerprint density at radius 1 is 0.706 bits per heavy atom. The number of hydrogen-bond donors (Lipinski definition) is 0. The zero-order valence-electron chi connectivity index (χ0n) is 11.7. The Morgan fingerprint density at radius 3 is 1.94 bits per heavy atom. The molecule has 0 fully saturated rings. The maximum atomic E-state index is 2.30. The third-order valence-electron chi connectivity index (χ3n) is 3.55. The Hall–Kier alpha value is -0.780. The molecular formula is C17H28. The lowest BCUT2D eigenvalue weighted by molar-refractivity contribution is 0.588. The van der Waals surface area contributed by atoms with E-state index < -0.39 is 0 Å². The van der Waals surface area contributed by atoms with E-state index in [9.17, 15) is 0 Å². The molecule has 0 N–H and O–H groups in total. The summed E-state index contributed by atoms with van der Waals surface area (Å²) in [7, 11) is 0. The van der Waals surface area contributed by atoms with Crippen LogP contribution in [-0.2, 0) is 12.8 Å². The monoisotopic (exact) mass is 232 g/mol. The third-order valence-corrected chi connectivity index (χ3v) is 3.55. The summed E-state index contributed by atoms with van der Waals surface area (Å²) in [6, 6.07) is 8.91. The van der Waals surface area contributed by atoms with Gasteiger partial charge in [-0.25, -0.2) is 0 Å². The summed E-state index contributed by atoms with van der Waals surface area (Å²) in [6.07, 6.45) is 12.3. The average Bonchev–Trinajstić information content (AvgIpc) is 2.38. The molecule has 0 heteroatoms. The molecule has 0 unspecified atom stereocenters. The van der Waals surface area contributed by atoms with Gasteiger partial charge in [-0.2, -0.15) is 0 Å². The van der Waals surface area contributed by atoms with Gasteiger partial charge in [-0.1, -0.05) is 76.6 Å². The maximum Gasteiger partial charge on any atom is -0.0276 e. The molecular weight excluding hydrogens is 204 g/mol. The van der Waals surface area contributed by atoms with Gasteiger partial charge in [0.1, 0.15) is 0 Å². The van der Waals surface area contributed by atoms with Gasteiger partial charge in [-0.05, 0) is 30.4 Å². The van der Waals surface area contributed by atoms with Crippen molar-refractivity contribution in [3.8, 4) is 0 Å². The van der Waals surface area contributed by atoms with Gasteiger partial charge in [0.05, 0.1) is 0 Å². The van der Waals surface area contributed by atoms with Crippen LogP contribution in [-0.4, -0.2) is 0 Å². The van der Waals surface area contributed by atoms with Crippen LogP contribution >= 0.6 is 0 Å². The van der Waals surface area contributed by atoms with E-state index in [0.717, 1.165) is 0 Å². The Morgan fingerprint density at radius 2 is 1.29 bits per heavy atom. The Kier molecular flexibility index (Phi) is 7.79. The highest BCUT2D eigenvalue weighted by Crippen LogP contribution is 2.14. The molecule has 0 radical (unpaired) electrons. The first-order valence-corrected chi connectivity index (χ1v) is 7.45. The molecule has 0 nitrogen and oxygen atoms in total. The number of hydrogen-bond acceptors (Lipinski definition) is 0. The highest BCUT2D eigenvalue weighted by Gasteiger charge is 1.99. The lowest BCUT2D eigenvalue weighted by Gasteiger charge is -2.07. The normalized spacial score (nSPS) is 10.7. The molecule has 0 heterocycles. The second kappa shape index (κ2) is 9.27. The van der Waals surface area contributed by atoms with Gasteiger partial charge in [-0.3, -0.25) is 0 Å². The van der Waals surface area contributed by atoms with Crippen LogP contribution in [0.1, 0.15) is 69.9 Å². The van der Waals surface area contributed by atoms with Gasteiger partial charge in [0.15, 0.2) is 0 Å². The van der Waals surface area contributed by atoms with Gasteiger partial charge >= 0.3 is 0 Å². The van der Waals surface area contributed by atoms with Crippen LogP contribution in [0.25, 0.3) is 0 Å². The maximum absolute atomic E-state index is 2.30. The van der Waals surface area contributed by atoms with Crippen LogP contribution in [0.2, 0.25) is 0 Å². The molecule has 0 aromatic heterocycles. The summed E-state index contributed by atoms with van der Waals surface area (Å²) in [4.78, 5) is 0. The van der Waals surface area contributed by atoms with Crippen molar-refractivity contribution in [3.05, 3.63) is 35.4 Å². The third kappa shape index (κ3) is 5.91. The molecule has 1 aromatic carbocycles. The van der Waals surface area contributed by atoms with Crippen molar-refractivity contribution in [2.24, 2.45) is 0 Å². The zero-order chi connectivity index (χ0) is 12.3. The van der Waals surface area contributed by atoms with Crippen molar-refractivity contribution in [1.82, 2.24) is 0 Å². The minimum absolute atomic E-state index is 1.17. The van der Waals surface area contributed by atoms with Crippen molar-refractivity contribution in [2.75, 3.05) is 0 Å². The average molecular weight is 232 g/mol. The Bertz CT molecular complexity index is 288. The predicted molar refractivity (Wildman–Crippen MR) is 77.5 cm³/mol. The van der Waals surface area contributed by atoms with Crippen molar-refractivity contribution in [2.45, 2.75) is 71.6 Å². The standard InChI is InChI=1S/C17H28/c1-3-5-6-7-8-9-10-14-17-15-12-11-13-16(17)4-2/h11-13,15H,3-10,14H2,1-2H3. The van der Waals surface area contributed by atoms with Gasteiger partial charge < -0.3 is 0 Å². The van der Waals surface area contributed by atoms with Crippen LogP contribution in [0.4, 0.5) is 0 Å². The zero-order valence-corrected chi connectivity index (χ0v) is 11.7. The molecule has 0 aliphatic heterocycles. The SMILES string of the molecule is CCCCCCCCCc1ccccc1CC. The summed E-state index contributed by atoms with van der Waals surface area (Å²) in [5, 5.41) is 0. The van der Waals surface area contributed by atoms with Gasteiger partial charge in [0, 0.05) is 0 Å². The minimum atomic E-state index is 1.17. The van der Waals surface area contributed by atoms with Crippen molar-refractivity contribution in [3.63, 3.8) is 0 Å². The van der Waals surface area contributed by atoms with Gasteiger partial charge in [-0.15, -0.1) is 0 Å². The predicted octanol–water partition coefficient (Wildman–Crippen LogP) is 5.54. The fourth-order valence-electron chi connectivity index (χ4n) is 2.42. The van der Waals surface area contributed by atoms with E-state index in [-0.39, 0.29) is 0 Å². The van der Waals surface area contributed by atoms with Crippen molar-refractivity contribution >= 4 is 0 Å². The molecule has 96 valence electrons. The lowest BCUT2D eigenvalue weighted by Crippen LogP contribution is -1.92. The van der Waals surface area contributed by atoms with Crippen molar-refractivity contribution in [1.29, 1.82) is 0 Å². The number of unbranched alkanes of at least 4 members (excludes halogenated alkanes) is 6. The molecule has 0 atom stereocenters. The van der Waals surface area contributed by atoms with Crippen LogP contribution in [0.15, 0.2) is 24.3 Å². The molecule has 0 saturated carbocycles. The molecule has 1 rings (SSSR count). The van der Waals surface area contributed by atoms with Crippen LogP contribution < -0.4 is 0 Å². The van der Waals surface area contributed by atoms with E-state index in [0.29, 0.717) is 0 Å². The molecule has 0 saturated heterocycles. The number of rotatable bonds is 9. The smallest absolute Gasteiger partial charge is 0.0276 e. The van der Waals surface area contributed by atoms with Crippen LogP contribution in [0.5, 0.6) is 0 Å². The first-order valence-electron chi connectivity index (χ1n) is 7.45. The van der Waals surface area contributed by atoms with E-state index in [1.165, 1.54) is 57.8 Å². The molecule has 0 bridgehead atoms. The number of aryl methyl sites for hydroxylation is 2.